The number of nitrogens with zero attached hydrogens (tertiary/aromatic N) is 2. The van der Waals surface area contributed by atoms with Gasteiger partial charge in [0, 0.05) is 54.4 Å². The number of nitrogens with two attached hydrogens (primary N) is 1. The molecule has 4 aromatic carbocycles. The van der Waals surface area contributed by atoms with E-state index in [2.05, 4.69) is 31.2 Å². The second-order valence-corrected chi connectivity index (χ2v) is 14.6. The number of pyridine rings is 1. The molecule has 1 fully saturated rings. The average Bonchev–Trinajstić information content (AvgIpc) is 3.19. The molecule has 0 radical (unpaired) electrons. The Hall–Kier alpha value is -6.22. The zero-order chi connectivity index (χ0) is 40.5. The number of aromatic nitrogens is 1. The molecule has 2 atom stereocenters. The summed E-state index contributed by atoms with van der Waals surface area (Å²) in [4.78, 5) is 44.6. The van der Waals surface area contributed by atoms with E-state index in [-0.39, 0.29) is 24.0 Å². The molecule has 57 heavy (non-hydrogen) atoms. The predicted octanol–water partition coefficient (Wildman–Crippen LogP) is 6.48. The number of morpholine rings is 1. The molecule has 0 bridgehead atoms. The topological polar surface area (TPSA) is 178 Å². The van der Waals surface area contributed by atoms with Crippen LogP contribution in [0.15, 0.2) is 97.2 Å². The van der Waals surface area contributed by atoms with Crippen LogP contribution >= 0.6 is 0 Å². The van der Waals surface area contributed by atoms with Crippen molar-refractivity contribution < 1.29 is 33.3 Å². The average molecular weight is 776 g/mol. The monoisotopic (exact) mass is 775 g/mol. The van der Waals surface area contributed by atoms with Gasteiger partial charge in [0.2, 0.25) is 5.91 Å². The van der Waals surface area contributed by atoms with Crippen LogP contribution in [0.4, 0.5) is 22.0 Å². The first-order chi connectivity index (χ1) is 27.4. The zero-order valence-corrected chi connectivity index (χ0v) is 32.8. The Morgan fingerprint density at radius 3 is 2.39 bits per heavy atom. The van der Waals surface area contributed by atoms with Gasteiger partial charge in [0.15, 0.2) is 0 Å². The van der Waals surface area contributed by atoms with Gasteiger partial charge < -0.3 is 45.9 Å². The molecule has 0 aliphatic carbocycles. The number of amides is 4. The molecule has 2 unspecified atom stereocenters. The summed E-state index contributed by atoms with van der Waals surface area (Å²) in [6.45, 7) is 8.01. The van der Waals surface area contributed by atoms with Crippen molar-refractivity contribution >= 4 is 45.8 Å². The van der Waals surface area contributed by atoms with Gasteiger partial charge in [-0.05, 0) is 47.4 Å². The van der Waals surface area contributed by atoms with Crippen molar-refractivity contribution in [1.82, 2.24) is 15.2 Å². The fraction of sp³-hybridized carbons (Fsp3) is 0.302. The van der Waals surface area contributed by atoms with E-state index in [1.54, 1.807) is 49.7 Å². The fourth-order valence-electron chi connectivity index (χ4n) is 6.62. The minimum absolute atomic E-state index is 0.0375. The van der Waals surface area contributed by atoms with E-state index in [0.29, 0.717) is 71.8 Å². The number of nitrogens with one attached hydrogen (secondary N) is 4. The molecule has 6 N–H and O–H groups in total. The summed E-state index contributed by atoms with van der Waals surface area (Å²) in [6.07, 6.45) is 0.862. The zero-order valence-electron chi connectivity index (χ0n) is 32.8. The van der Waals surface area contributed by atoms with Crippen molar-refractivity contribution in [3.8, 4) is 17.2 Å². The Bertz CT molecular complexity index is 2210. The molecule has 1 aliphatic rings. The quantitative estimate of drug-likeness (QED) is 0.0839. The number of methoxy groups -OCH3 is 2. The van der Waals surface area contributed by atoms with Crippen molar-refractivity contribution in [2.24, 2.45) is 5.73 Å². The van der Waals surface area contributed by atoms with Crippen molar-refractivity contribution in [2.45, 2.75) is 45.1 Å². The number of urea groups is 1. The lowest BCUT2D eigenvalue weighted by Gasteiger charge is -2.37. The summed E-state index contributed by atoms with van der Waals surface area (Å²) >= 11 is 0. The number of carbonyl (C=O) groups is 3. The molecular formula is C43H49N7O7. The first-order valence-corrected chi connectivity index (χ1v) is 18.6. The van der Waals surface area contributed by atoms with Crippen LogP contribution in [-0.4, -0.2) is 80.6 Å². The Kier molecular flexibility index (Phi) is 12.9. The SMILES string of the molecule is COc1c(CC(N)=O)cc(C(C)(C)C)cc1NC(=O)Nc1ccc(Oc2ccnc(NC3CN(C(CNC(=O)c4ccccc4)OC)CCO3)c2)c2ccccc12. The van der Waals surface area contributed by atoms with Crippen LogP contribution in [0.5, 0.6) is 17.2 Å². The molecule has 1 saturated heterocycles. The van der Waals surface area contributed by atoms with Crippen LogP contribution in [-0.2, 0) is 26.1 Å². The first kappa shape index (κ1) is 40.4. The number of primary amides is 1. The van der Waals surface area contributed by atoms with Gasteiger partial charge in [-0.2, -0.15) is 0 Å². The maximum Gasteiger partial charge on any atom is 0.323 e. The first-order valence-electron chi connectivity index (χ1n) is 18.6. The van der Waals surface area contributed by atoms with Gasteiger partial charge in [-0.1, -0.05) is 69.3 Å². The second kappa shape index (κ2) is 18.2. The molecule has 298 valence electrons. The molecule has 5 aromatic rings. The molecule has 2 heterocycles. The van der Waals surface area contributed by atoms with E-state index in [4.69, 9.17) is 24.7 Å². The number of hydrogen-bond donors (Lipinski definition) is 5. The molecule has 14 heteroatoms. The van der Waals surface area contributed by atoms with Gasteiger partial charge in [-0.25, -0.2) is 9.78 Å². The van der Waals surface area contributed by atoms with Crippen molar-refractivity contribution in [3.05, 3.63) is 114 Å². The highest BCUT2D eigenvalue weighted by atomic mass is 16.5. The number of carbonyl (C=O) groups excluding carboxylic acids is 3. The van der Waals surface area contributed by atoms with Crippen molar-refractivity contribution in [2.75, 3.05) is 56.4 Å². The van der Waals surface area contributed by atoms with Gasteiger partial charge >= 0.3 is 6.03 Å². The summed E-state index contributed by atoms with van der Waals surface area (Å²) in [5, 5.41) is 13.7. The van der Waals surface area contributed by atoms with Gasteiger partial charge in [0.1, 0.15) is 35.5 Å². The van der Waals surface area contributed by atoms with Crippen LogP contribution < -0.4 is 36.5 Å². The van der Waals surface area contributed by atoms with E-state index in [0.717, 1.165) is 16.3 Å². The van der Waals surface area contributed by atoms with E-state index in [1.807, 2.05) is 75.4 Å². The van der Waals surface area contributed by atoms with E-state index >= 15 is 0 Å². The van der Waals surface area contributed by atoms with E-state index < -0.39 is 18.2 Å². The van der Waals surface area contributed by atoms with Gasteiger partial charge in [0.25, 0.3) is 5.91 Å². The lowest BCUT2D eigenvalue weighted by Crippen LogP contribution is -2.54. The Balaban J connectivity index is 1.12. The molecule has 0 saturated carbocycles. The Labute approximate surface area is 332 Å². The second-order valence-electron chi connectivity index (χ2n) is 14.6. The highest BCUT2D eigenvalue weighted by Gasteiger charge is 2.27. The van der Waals surface area contributed by atoms with Crippen LogP contribution in [0.2, 0.25) is 0 Å². The van der Waals surface area contributed by atoms with Gasteiger partial charge in [-0.15, -0.1) is 0 Å². The largest absolute Gasteiger partial charge is 0.494 e. The number of fused-ring (bicyclic) bond motifs is 1. The minimum atomic E-state index is -0.507. The summed E-state index contributed by atoms with van der Waals surface area (Å²) in [5.74, 6) is 1.36. The fourth-order valence-corrected chi connectivity index (χ4v) is 6.62. The minimum Gasteiger partial charge on any atom is -0.494 e. The number of hydrogen-bond acceptors (Lipinski definition) is 10. The summed E-state index contributed by atoms with van der Waals surface area (Å²) in [5.41, 5.74) is 8.32. The van der Waals surface area contributed by atoms with Crippen LogP contribution in [0, 0.1) is 0 Å². The van der Waals surface area contributed by atoms with Crippen LogP contribution in [0.3, 0.4) is 0 Å². The third-order valence-corrected chi connectivity index (χ3v) is 9.50. The number of anilines is 3. The predicted molar refractivity (Wildman–Crippen MR) is 220 cm³/mol. The van der Waals surface area contributed by atoms with Crippen LogP contribution in [0.25, 0.3) is 10.8 Å². The molecule has 1 aliphatic heterocycles. The molecule has 14 nitrogen and oxygen atoms in total. The molecular weight excluding hydrogens is 727 g/mol. The highest BCUT2D eigenvalue weighted by molar-refractivity contribution is 6.08. The molecule has 4 amide bonds. The highest BCUT2D eigenvalue weighted by Crippen LogP contribution is 2.37. The van der Waals surface area contributed by atoms with E-state index in [1.165, 1.54) is 7.11 Å². The van der Waals surface area contributed by atoms with Gasteiger partial charge in [-0.3, -0.25) is 14.5 Å². The summed E-state index contributed by atoms with van der Waals surface area (Å²) in [7, 11) is 3.11. The number of ether oxygens (including phenoxy) is 4. The van der Waals surface area contributed by atoms with Crippen molar-refractivity contribution in [3.63, 3.8) is 0 Å². The standard InChI is InChI=1S/C43H49N7O7/c1-43(2,3)29-21-28(22-36(44)51)40(55-5)34(23-29)48-42(53)47-33-15-16-35(32-14-10-9-13-31(32)33)57-30-17-18-45-37(24-30)49-38-26-50(19-20-56-38)39(54-4)25-46-41(52)27-11-7-6-8-12-27/h6-18,21,23-24,38-39H,19-20,22,25-26H2,1-5H3,(H2,44,51)(H,45,49)(H,46,52)(H2,47,48,53). The van der Waals surface area contributed by atoms with E-state index in [9.17, 15) is 14.4 Å². The smallest absolute Gasteiger partial charge is 0.323 e. The van der Waals surface area contributed by atoms with Crippen LogP contribution in [0.1, 0.15) is 42.3 Å². The Morgan fingerprint density at radius 1 is 0.930 bits per heavy atom. The number of benzene rings is 4. The normalized spacial score (nSPS) is 15.0. The lowest BCUT2D eigenvalue weighted by atomic mass is 9.85. The molecule has 1 aromatic heterocycles. The molecule has 0 spiro atoms. The van der Waals surface area contributed by atoms with Crippen molar-refractivity contribution in [1.29, 1.82) is 0 Å². The third-order valence-electron chi connectivity index (χ3n) is 9.50. The molecule has 6 rings (SSSR count). The lowest BCUT2D eigenvalue weighted by molar-refractivity contribution is -0.117. The maximum atomic E-state index is 13.5. The third kappa shape index (κ3) is 10.4. The maximum absolute atomic E-state index is 13.5. The Morgan fingerprint density at radius 2 is 1.67 bits per heavy atom. The summed E-state index contributed by atoms with van der Waals surface area (Å²) in [6, 6.07) is 27.0. The van der Waals surface area contributed by atoms with Gasteiger partial charge in [0.05, 0.1) is 38.1 Å². The number of rotatable bonds is 14. The summed E-state index contributed by atoms with van der Waals surface area (Å²) < 4.78 is 23.8.